The van der Waals surface area contributed by atoms with E-state index in [4.69, 9.17) is 14.2 Å². The van der Waals surface area contributed by atoms with Crippen molar-refractivity contribution in [3.63, 3.8) is 0 Å². The van der Waals surface area contributed by atoms with Crippen LogP contribution >= 0.6 is 0 Å². The van der Waals surface area contributed by atoms with Crippen LogP contribution in [0.3, 0.4) is 0 Å². The fourth-order valence-corrected chi connectivity index (χ4v) is 6.34. The summed E-state index contributed by atoms with van der Waals surface area (Å²) in [7, 11) is 0. The third-order valence-electron chi connectivity index (χ3n) is 9.90. The number of esters is 3. The van der Waals surface area contributed by atoms with Gasteiger partial charge in [0.2, 0.25) is 0 Å². The summed E-state index contributed by atoms with van der Waals surface area (Å²) < 4.78 is 16.7. The first-order valence-corrected chi connectivity index (χ1v) is 24.1. The maximum atomic E-state index is 12.7. The van der Waals surface area contributed by atoms with Gasteiger partial charge in [0, 0.05) is 19.3 Å². The summed E-state index contributed by atoms with van der Waals surface area (Å²) >= 11 is 0. The molecule has 0 aromatic heterocycles. The molecule has 0 amide bonds. The molecule has 0 aliphatic rings. The average Bonchev–Trinajstić information content (AvgIpc) is 3.23. The van der Waals surface area contributed by atoms with Crippen molar-refractivity contribution in [3.05, 3.63) is 85.1 Å². The summed E-state index contributed by atoms with van der Waals surface area (Å²) in [5, 5.41) is 0. The molecule has 0 aromatic carbocycles. The van der Waals surface area contributed by atoms with E-state index in [0.717, 1.165) is 109 Å². The minimum atomic E-state index is -0.803. The van der Waals surface area contributed by atoms with Gasteiger partial charge >= 0.3 is 17.9 Å². The summed E-state index contributed by atoms with van der Waals surface area (Å²) in [6.07, 6.45) is 60.0. The van der Waals surface area contributed by atoms with Gasteiger partial charge in [-0.25, -0.2) is 0 Å². The van der Waals surface area contributed by atoms with Crippen molar-refractivity contribution in [2.45, 2.75) is 219 Å². The smallest absolute Gasteiger partial charge is 0.306 e. The lowest BCUT2D eigenvalue weighted by atomic mass is 10.0. The minimum Gasteiger partial charge on any atom is -0.462 e. The Morgan fingerprint density at radius 1 is 0.356 bits per heavy atom. The lowest BCUT2D eigenvalue weighted by molar-refractivity contribution is -0.167. The molecule has 59 heavy (non-hydrogen) atoms. The van der Waals surface area contributed by atoms with E-state index in [1.807, 2.05) is 0 Å². The Hall–Kier alpha value is -3.41. The molecule has 0 aromatic rings. The fraction of sp³-hybridized carbons (Fsp3) is 0.679. The third-order valence-corrected chi connectivity index (χ3v) is 9.90. The number of carbonyl (C=O) groups is 3. The first-order chi connectivity index (χ1) is 29.0. The molecule has 0 fully saturated rings. The highest BCUT2D eigenvalue weighted by Gasteiger charge is 2.19. The highest BCUT2D eigenvalue weighted by atomic mass is 16.6. The van der Waals surface area contributed by atoms with Gasteiger partial charge in [-0.15, -0.1) is 0 Å². The Kier molecular flexibility index (Phi) is 44.5. The molecule has 0 saturated carbocycles. The summed E-state index contributed by atoms with van der Waals surface area (Å²) in [4.78, 5) is 37.8. The molecule has 6 heteroatoms. The molecule has 0 N–H and O–H groups in total. The molecule has 1 unspecified atom stereocenters. The quantitative estimate of drug-likeness (QED) is 0.0264. The van der Waals surface area contributed by atoms with Crippen LogP contribution in [0.1, 0.15) is 213 Å². The molecular weight excluding hydrogens is 733 g/mol. The zero-order chi connectivity index (χ0) is 43.0. The van der Waals surface area contributed by atoms with E-state index < -0.39 is 6.10 Å². The van der Waals surface area contributed by atoms with Gasteiger partial charge < -0.3 is 14.2 Å². The number of carbonyl (C=O) groups excluding carboxylic acids is 3. The van der Waals surface area contributed by atoms with Crippen LogP contribution < -0.4 is 0 Å². The Morgan fingerprint density at radius 2 is 0.678 bits per heavy atom. The molecule has 0 heterocycles. The van der Waals surface area contributed by atoms with Gasteiger partial charge in [0.05, 0.1) is 0 Å². The first kappa shape index (κ1) is 55.6. The van der Waals surface area contributed by atoms with Crippen LogP contribution in [0.25, 0.3) is 0 Å². The molecule has 1 atom stereocenters. The van der Waals surface area contributed by atoms with Gasteiger partial charge in [0.25, 0.3) is 0 Å². The Bertz CT molecular complexity index is 1170. The van der Waals surface area contributed by atoms with E-state index in [2.05, 4.69) is 106 Å². The SMILES string of the molecule is CC/C=C\C/C=C\C/C=C\C/C=C\C/C=C\CCCC(=O)OCC(COC(=O)CCCCCCCCCCCCCC)OC(=O)CCCCCCC/C=C\C/C=C\CC. The van der Waals surface area contributed by atoms with E-state index in [1.54, 1.807) is 0 Å². The zero-order valence-electron chi connectivity index (χ0n) is 38.2. The average molecular weight is 821 g/mol. The molecule has 0 saturated heterocycles. The normalized spacial score (nSPS) is 12.8. The highest BCUT2D eigenvalue weighted by Crippen LogP contribution is 2.14. The fourth-order valence-electron chi connectivity index (χ4n) is 6.34. The van der Waals surface area contributed by atoms with Crippen molar-refractivity contribution in [2.75, 3.05) is 13.2 Å². The molecule has 0 radical (unpaired) electrons. The molecular formula is C53H88O6. The standard InChI is InChI=1S/C53H88O6/c1-4-7-10-13-16-19-22-25-26-27-28-29-32-34-37-40-43-46-52(55)58-49-50(59-53(56)47-44-41-38-35-31-24-21-18-15-12-9-6-3)48-57-51(54)45-42-39-36-33-30-23-20-17-14-11-8-5-2/h7,9-10,12,16,18-19,21,25-26,28-29,34,37,50H,4-6,8,11,13-15,17,20,22-24,27,30-33,35-36,38-49H2,1-3H3/b10-7-,12-9-,19-16-,21-18-,26-25-,29-28-,37-34-. The summed E-state index contributed by atoms with van der Waals surface area (Å²) in [5.41, 5.74) is 0. The third kappa shape index (κ3) is 45.5. The van der Waals surface area contributed by atoms with Gasteiger partial charge in [0.1, 0.15) is 13.2 Å². The molecule has 0 aliphatic carbocycles. The molecule has 336 valence electrons. The van der Waals surface area contributed by atoms with Crippen LogP contribution in [0.5, 0.6) is 0 Å². The second-order valence-corrected chi connectivity index (χ2v) is 15.6. The van der Waals surface area contributed by atoms with Crippen LogP contribution in [0, 0.1) is 0 Å². The van der Waals surface area contributed by atoms with Gasteiger partial charge in [-0.05, 0) is 83.5 Å². The van der Waals surface area contributed by atoms with E-state index in [-0.39, 0.29) is 37.5 Å². The molecule has 0 bridgehead atoms. The molecule has 0 spiro atoms. The van der Waals surface area contributed by atoms with Gasteiger partial charge in [-0.1, -0.05) is 196 Å². The molecule has 6 nitrogen and oxygen atoms in total. The van der Waals surface area contributed by atoms with Crippen LogP contribution in [-0.4, -0.2) is 37.2 Å². The van der Waals surface area contributed by atoms with Crippen LogP contribution in [0.4, 0.5) is 0 Å². The van der Waals surface area contributed by atoms with Crippen molar-refractivity contribution in [1.29, 1.82) is 0 Å². The van der Waals surface area contributed by atoms with Crippen LogP contribution in [0.2, 0.25) is 0 Å². The number of ether oxygens (including phenoxy) is 3. The molecule has 0 aliphatic heterocycles. The predicted octanol–water partition coefficient (Wildman–Crippen LogP) is 15.6. The van der Waals surface area contributed by atoms with E-state index >= 15 is 0 Å². The summed E-state index contributed by atoms with van der Waals surface area (Å²) in [5.74, 6) is -0.980. The van der Waals surface area contributed by atoms with Crippen molar-refractivity contribution in [2.24, 2.45) is 0 Å². The van der Waals surface area contributed by atoms with Crippen LogP contribution in [-0.2, 0) is 28.6 Å². The topological polar surface area (TPSA) is 78.9 Å². The number of allylic oxidation sites excluding steroid dienone is 14. The zero-order valence-corrected chi connectivity index (χ0v) is 38.2. The lowest BCUT2D eigenvalue weighted by Crippen LogP contribution is -2.30. The summed E-state index contributed by atoms with van der Waals surface area (Å²) in [6.45, 7) is 6.33. The van der Waals surface area contributed by atoms with Crippen molar-refractivity contribution in [3.8, 4) is 0 Å². The van der Waals surface area contributed by atoms with E-state index in [9.17, 15) is 14.4 Å². The van der Waals surface area contributed by atoms with E-state index in [0.29, 0.717) is 19.3 Å². The van der Waals surface area contributed by atoms with E-state index in [1.165, 1.54) is 57.8 Å². The van der Waals surface area contributed by atoms with Crippen LogP contribution in [0.15, 0.2) is 85.1 Å². The maximum absolute atomic E-state index is 12.7. The lowest BCUT2D eigenvalue weighted by Gasteiger charge is -2.18. The monoisotopic (exact) mass is 821 g/mol. The number of hydrogen-bond acceptors (Lipinski definition) is 6. The second kappa shape index (κ2) is 47.3. The van der Waals surface area contributed by atoms with Gasteiger partial charge in [-0.2, -0.15) is 0 Å². The van der Waals surface area contributed by atoms with Gasteiger partial charge in [0.15, 0.2) is 6.10 Å². The Labute approximate surface area is 363 Å². The van der Waals surface area contributed by atoms with Gasteiger partial charge in [-0.3, -0.25) is 14.4 Å². The first-order valence-electron chi connectivity index (χ1n) is 24.1. The Balaban J connectivity index is 4.48. The number of hydrogen-bond donors (Lipinski definition) is 0. The predicted molar refractivity (Wildman–Crippen MR) is 251 cm³/mol. The number of rotatable bonds is 42. The second-order valence-electron chi connectivity index (χ2n) is 15.6. The largest absolute Gasteiger partial charge is 0.462 e. The molecule has 0 rings (SSSR count). The highest BCUT2D eigenvalue weighted by molar-refractivity contribution is 5.71. The number of unbranched alkanes of at least 4 members (excludes halogenated alkanes) is 17. The Morgan fingerprint density at radius 3 is 1.10 bits per heavy atom. The maximum Gasteiger partial charge on any atom is 0.306 e. The van der Waals surface area contributed by atoms with Crippen molar-refractivity contribution < 1.29 is 28.6 Å². The van der Waals surface area contributed by atoms with Crippen molar-refractivity contribution >= 4 is 17.9 Å². The summed E-state index contributed by atoms with van der Waals surface area (Å²) in [6, 6.07) is 0. The minimum absolute atomic E-state index is 0.0993. The van der Waals surface area contributed by atoms with Crippen molar-refractivity contribution in [1.82, 2.24) is 0 Å².